The average molecular weight is 224 g/mol. The minimum absolute atomic E-state index is 0.185. The highest BCUT2D eigenvalue weighted by molar-refractivity contribution is 5.88. The highest BCUT2D eigenvalue weighted by Crippen LogP contribution is 2.16. The smallest absolute Gasteiger partial charge is 0.239 e. The van der Waals surface area contributed by atoms with Crippen molar-refractivity contribution in [3.05, 3.63) is 41.7 Å². The maximum atomic E-state index is 12.8. The summed E-state index contributed by atoms with van der Waals surface area (Å²) in [5.41, 5.74) is 3.95. The topological polar surface area (TPSA) is 39.7 Å². The highest BCUT2D eigenvalue weighted by atomic mass is 19.2. The van der Waals surface area contributed by atoms with E-state index in [1.54, 1.807) is 0 Å². The Morgan fingerprint density at radius 1 is 1.38 bits per heavy atom. The van der Waals surface area contributed by atoms with Crippen LogP contribution in [0.2, 0.25) is 0 Å². The van der Waals surface area contributed by atoms with Crippen LogP contribution in [0.25, 0.3) is 0 Å². The molecule has 1 aromatic carbocycles. The zero-order valence-electron chi connectivity index (χ0n) is 8.54. The molecule has 16 heavy (non-hydrogen) atoms. The van der Waals surface area contributed by atoms with Crippen molar-refractivity contribution in [2.24, 2.45) is 5.10 Å². The van der Waals surface area contributed by atoms with Gasteiger partial charge in [-0.3, -0.25) is 0 Å². The SMILES string of the molecule is Cc1ccccc1NC1=CC(F)=NN(F)N1. The van der Waals surface area contributed by atoms with Gasteiger partial charge in [0.15, 0.2) is 0 Å². The van der Waals surface area contributed by atoms with E-state index in [1.807, 2.05) is 31.2 Å². The van der Waals surface area contributed by atoms with E-state index >= 15 is 0 Å². The van der Waals surface area contributed by atoms with Crippen LogP contribution in [0.15, 0.2) is 41.3 Å². The summed E-state index contributed by atoms with van der Waals surface area (Å²) < 4.78 is 25.5. The summed E-state index contributed by atoms with van der Waals surface area (Å²) >= 11 is 0. The number of para-hydroxylation sites is 1. The molecule has 6 heteroatoms. The molecule has 84 valence electrons. The molecular weight excluding hydrogens is 214 g/mol. The van der Waals surface area contributed by atoms with Crippen LogP contribution in [0, 0.1) is 6.92 Å². The van der Waals surface area contributed by atoms with Gasteiger partial charge in [0.05, 0.1) is 0 Å². The maximum Gasteiger partial charge on any atom is 0.239 e. The summed E-state index contributed by atoms with van der Waals surface area (Å²) in [6.07, 6.45) is 1.07. The Kier molecular flexibility index (Phi) is 2.72. The number of benzene rings is 1. The average Bonchev–Trinajstić information content (AvgIpc) is 2.20. The Balaban J connectivity index is 2.17. The number of hydrazine groups is 1. The van der Waals surface area contributed by atoms with Gasteiger partial charge >= 0.3 is 0 Å². The molecule has 2 rings (SSSR count). The predicted molar refractivity (Wildman–Crippen MR) is 57.5 cm³/mol. The van der Waals surface area contributed by atoms with Gasteiger partial charge in [-0.05, 0) is 23.9 Å². The van der Waals surface area contributed by atoms with E-state index in [0.29, 0.717) is 0 Å². The molecule has 2 N–H and O–H groups in total. The van der Waals surface area contributed by atoms with Crippen LogP contribution in [0.1, 0.15) is 5.56 Å². The molecule has 0 amide bonds. The van der Waals surface area contributed by atoms with E-state index < -0.39 is 5.97 Å². The Morgan fingerprint density at radius 3 is 2.81 bits per heavy atom. The van der Waals surface area contributed by atoms with Crippen LogP contribution in [-0.2, 0) is 0 Å². The number of anilines is 1. The van der Waals surface area contributed by atoms with Crippen molar-refractivity contribution < 1.29 is 8.87 Å². The number of nitrogens with zero attached hydrogens (tertiary/aromatic N) is 2. The predicted octanol–water partition coefficient (Wildman–Crippen LogP) is 2.24. The number of rotatable bonds is 2. The fourth-order valence-electron chi connectivity index (χ4n) is 1.31. The first-order chi connectivity index (χ1) is 7.65. The molecule has 0 atom stereocenters. The van der Waals surface area contributed by atoms with Gasteiger partial charge in [-0.2, -0.15) is 4.39 Å². The molecule has 0 unspecified atom stereocenters. The van der Waals surface area contributed by atoms with Gasteiger partial charge in [0, 0.05) is 11.8 Å². The minimum Gasteiger partial charge on any atom is -0.340 e. The third-order valence-corrected chi connectivity index (χ3v) is 2.07. The first kappa shape index (κ1) is 10.4. The second kappa shape index (κ2) is 4.18. The fraction of sp³-hybridized carbons (Fsp3) is 0.100. The zero-order chi connectivity index (χ0) is 11.5. The maximum absolute atomic E-state index is 12.8. The molecule has 0 saturated carbocycles. The van der Waals surface area contributed by atoms with Crippen LogP contribution >= 0.6 is 0 Å². The molecular formula is C10H10F2N4. The number of allylic oxidation sites excluding steroid dienone is 1. The number of hydrazone groups is 1. The lowest BCUT2D eigenvalue weighted by atomic mass is 10.2. The number of hydrogen-bond acceptors (Lipinski definition) is 4. The lowest BCUT2D eigenvalue weighted by Crippen LogP contribution is -2.33. The normalized spacial score (nSPS) is 15.1. The minimum atomic E-state index is -0.905. The first-order valence-corrected chi connectivity index (χ1v) is 4.66. The summed E-state index contributed by atoms with van der Waals surface area (Å²) in [7, 11) is 0. The largest absolute Gasteiger partial charge is 0.340 e. The van der Waals surface area contributed by atoms with E-state index in [9.17, 15) is 8.87 Å². The molecule has 0 spiro atoms. The second-order valence-electron chi connectivity index (χ2n) is 3.29. The molecule has 0 radical (unpaired) electrons. The lowest BCUT2D eigenvalue weighted by molar-refractivity contribution is -0.0198. The van der Waals surface area contributed by atoms with Crippen molar-refractivity contribution in [2.75, 3.05) is 5.32 Å². The standard InChI is InChI=1S/C10H10F2N4/c1-7-4-2-3-5-8(7)13-10-6-9(11)14-16(12)15-10/h2-6,13,15H,1H3. The Morgan fingerprint density at radius 2 is 2.12 bits per heavy atom. The van der Waals surface area contributed by atoms with Crippen LogP contribution in [0.4, 0.5) is 14.6 Å². The third-order valence-electron chi connectivity index (χ3n) is 2.07. The quantitative estimate of drug-likeness (QED) is 0.757. The van der Waals surface area contributed by atoms with E-state index in [4.69, 9.17) is 0 Å². The fourth-order valence-corrected chi connectivity index (χ4v) is 1.31. The molecule has 0 fully saturated rings. The summed E-state index contributed by atoms with van der Waals surface area (Å²) in [6.45, 7) is 1.89. The Hall–Kier alpha value is -2.11. The van der Waals surface area contributed by atoms with E-state index in [-0.39, 0.29) is 11.2 Å². The summed E-state index contributed by atoms with van der Waals surface area (Å²) in [4.78, 5) is 0. The lowest BCUT2D eigenvalue weighted by Gasteiger charge is -2.19. The number of hydrogen-bond donors (Lipinski definition) is 2. The summed E-state index contributed by atoms with van der Waals surface area (Å²) in [5.74, 6) is -0.721. The monoisotopic (exact) mass is 224 g/mol. The zero-order valence-corrected chi connectivity index (χ0v) is 8.54. The van der Waals surface area contributed by atoms with E-state index in [1.165, 1.54) is 0 Å². The molecule has 4 nitrogen and oxygen atoms in total. The van der Waals surface area contributed by atoms with Crippen molar-refractivity contribution in [3.8, 4) is 0 Å². The highest BCUT2D eigenvalue weighted by Gasteiger charge is 2.12. The van der Waals surface area contributed by atoms with E-state index in [0.717, 1.165) is 17.3 Å². The molecule has 0 aliphatic carbocycles. The van der Waals surface area contributed by atoms with Gasteiger partial charge in [0.25, 0.3) is 0 Å². The van der Waals surface area contributed by atoms with Gasteiger partial charge in [0.1, 0.15) is 5.82 Å². The Labute approximate surface area is 91.2 Å². The molecule has 0 saturated heterocycles. The van der Waals surface area contributed by atoms with Crippen molar-refractivity contribution in [1.29, 1.82) is 0 Å². The summed E-state index contributed by atoms with van der Waals surface area (Å²) in [5, 5.41) is 5.56. The molecule has 1 heterocycles. The van der Waals surface area contributed by atoms with Crippen molar-refractivity contribution in [1.82, 2.24) is 10.8 Å². The van der Waals surface area contributed by atoms with Crippen molar-refractivity contribution in [3.63, 3.8) is 0 Å². The third kappa shape index (κ3) is 2.28. The second-order valence-corrected chi connectivity index (χ2v) is 3.29. The van der Waals surface area contributed by atoms with Crippen LogP contribution < -0.4 is 10.7 Å². The van der Waals surface area contributed by atoms with Crippen LogP contribution in [0.5, 0.6) is 0 Å². The molecule has 0 aromatic heterocycles. The molecule has 1 aliphatic rings. The number of aryl methyl sites for hydroxylation is 1. The van der Waals surface area contributed by atoms with Crippen molar-refractivity contribution in [2.45, 2.75) is 6.92 Å². The van der Waals surface area contributed by atoms with Crippen molar-refractivity contribution >= 4 is 11.7 Å². The summed E-state index contributed by atoms with van der Waals surface area (Å²) in [6, 6.07) is 7.41. The van der Waals surface area contributed by atoms with Crippen LogP contribution in [0.3, 0.4) is 0 Å². The first-order valence-electron chi connectivity index (χ1n) is 4.66. The van der Waals surface area contributed by atoms with Gasteiger partial charge < -0.3 is 5.32 Å². The van der Waals surface area contributed by atoms with E-state index in [2.05, 4.69) is 15.8 Å². The molecule has 1 aromatic rings. The molecule has 0 bridgehead atoms. The van der Waals surface area contributed by atoms with Gasteiger partial charge in [-0.15, -0.1) is 0 Å². The number of nitrogens with one attached hydrogen (secondary N) is 2. The van der Waals surface area contributed by atoms with Gasteiger partial charge in [-0.25, -0.2) is 5.43 Å². The van der Waals surface area contributed by atoms with Gasteiger partial charge in [0.2, 0.25) is 5.97 Å². The molecule has 1 aliphatic heterocycles. The van der Waals surface area contributed by atoms with Crippen LogP contribution in [-0.4, -0.2) is 11.3 Å². The Bertz CT molecular complexity index is 456. The number of halogens is 2. The van der Waals surface area contributed by atoms with Gasteiger partial charge in [-0.1, -0.05) is 27.8 Å².